The number of ketones is 1. The Hall–Kier alpha value is -2.26. The van der Waals surface area contributed by atoms with Crippen LogP contribution in [0.5, 0.6) is 0 Å². The van der Waals surface area contributed by atoms with Gasteiger partial charge in [0, 0.05) is 47.9 Å². The van der Waals surface area contributed by atoms with Gasteiger partial charge in [-0.25, -0.2) is 0 Å². The number of carbonyl (C=O) groups is 3. The number of allylic oxidation sites excluding steroid dienone is 1. The molecular formula is C48H71ClN2O6. The number of fused-ring (bicyclic) bond motifs is 7. The lowest BCUT2D eigenvalue weighted by atomic mass is 9.36. The summed E-state index contributed by atoms with van der Waals surface area (Å²) in [5.41, 5.74) is 1.77. The number of ether oxygens (including phenoxy) is 1. The van der Waals surface area contributed by atoms with Gasteiger partial charge in [-0.1, -0.05) is 70.8 Å². The summed E-state index contributed by atoms with van der Waals surface area (Å²) in [7, 11) is 0. The molecule has 10 unspecified atom stereocenters. The molecule has 3 N–H and O–H groups in total. The number of nitrogens with one attached hydrogen (secondary N) is 1. The number of aliphatic carboxylic acids is 1. The fourth-order valence-corrected chi connectivity index (χ4v) is 14.4. The first-order valence-corrected chi connectivity index (χ1v) is 22.7. The number of carbonyl (C=O) groups excluding carboxylic acids is 2. The number of halogens is 1. The average molecular weight is 808 g/mol. The first-order valence-electron chi connectivity index (χ1n) is 22.3. The molecule has 0 bridgehead atoms. The molecule has 1 aromatic carbocycles. The van der Waals surface area contributed by atoms with Crippen LogP contribution in [0, 0.1) is 56.7 Å². The minimum absolute atomic E-state index is 0.0793. The summed E-state index contributed by atoms with van der Waals surface area (Å²) in [5, 5.41) is 26.7. The molecule has 6 aliphatic rings. The fourth-order valence-electron chi connectivity index (χ4n) is 14.3. The molecule has 0 spiro atoms. The monoisotopic (exact) mass is 807 g/mol. The van der Waals surface area contributed by atoms with Crippen LogP contribution in [-0.4, -0.2) is 70.7 Å². The summed E-state index contributed by atoms with van der Waals surface area (Å²) in [6.07, 6.45) is 9.69. The Morgan fingerprint density at radius 3 is 2.32 bits per heavy atom. The number of aliphatic hydroxyl groups is 1. The van der Waals surface area contributed by atoms with Crippen LogP contribution in [0.2, 0.25) is 5.02 Å². The molecule has 1 heterocycles. The molecule has 57 heavy (non-hydrogen) atoms. The third kappa shape index (κ3) is 7.58. The van der Waals surface area contributed by atoms with Gasteiger partial charge in [-0.15, -0.1) is 0 Å². The van der Waals surface area contributed by atoms with Crippen molar-refractivity contribution in [2.75, 3.05) is 19.6 Å². The van der Waals surface area contributed by atoms with E-state index in [1.165, 1.54) is 17.6 Å². The lowest BCUT2D eigenvalue weighted by Gasteiger charge is -2.69. The van der Waals surface area contributed by atoms with Crippen LogP contribution in [0.3, 0.4) is 0 Å². The lowest BCUT2D eigenvalue weighted by molar-refractivity contribution is -0.214. The largest absolute Gasteiger partial charge is 0.481 e. The van der Waals surface area contributed by atoms with Crippen molar-refractivity contribution in [3.8, 4) is 0 Å². The quantitative estimate of drug-likeness (QED) is 0.179. The predicted octanol–water partition coefficient (Wildman–Crippen LogP) is 9.26. The van der Waals surface area contributed by atoms with E-state index in [1.54, 1.807) is 13.8 Å². The maximum absolute atomic E-state index is 14.3. The zero-order chi connectivity index (χ0) is 41.3. The van der Waals surface area contributed by atoms with Gasteiger partial charge >= 0.3 is 11.9 Å². The van der Waals surface area contributed by atoms with Crippen molar-refractivity contribution < 1.29 is 29.3 Å². The van der Waals surface area contributed by atoms with Crippen molar-refractivity contribution in [1.82, 2.24) is 10.2 Å². The van der Waals surface area contributed by atoms with Gasteiger partial charge in [0.15, 0.2) is 5.78 Å². The van der Waals surface area contributed by atoms with Crippen molar-refractivity contribution in [2.24, 2.45) is 56.7 Å². The summed E-state index contributed by atoms with van der Waals surface area (Å²) in [4.78, 5) is 41.6. The van der Waals surface area contributed by atoms with Gasteiger partial charge in [0.25, 0.3) is 0 Å². The number of carboxylic acids is 1. The van der Waals surface area contributed by atoms with Gasteiger partial charge in [0.2, 0.25) is 0 Å². The Kier molecular flexibility index (Phi) is 11.8. The molecule has 8 nitrogen and oxygen atoms in total. The van der Waals surface area contributed by atoms with E-state index in [9.17, 15) is 24.6 Å². The minimum atomic E-state index is -1.16. The zero-order valence-electron chi connectivity index (χ0n) is 36.1. The molecule has 1 saturated heterocycles. The highest BCUT2D eigenvalue weighted by atomic mass is 35.5. The van der Waals surface area contributed by atoms with E-state index in [2.05, 4.69) is 63.9 Å². The van der Waals surface area contributed by atoms with E-state index in [-0.39, 0.29) is 40.5 Å². The standard InChI is InChI=1S/C48H71ClN2O6/c1-29(2)41-35(52)24-48(38(53)28-51(27-32-10-9-23-50-32)26-30-11-13-31(49)14-12-30)22-17-34-33(42(41)48)15-16-37-46(34,7)20-18-36-45(5,6)39(19-21-47(36,37)8)57-40(54)25-44(3,4)43(55)56/h11-14,29,32-34,36-39,50,53H,9-10,15-28H2,1-8H3,(H,55,56). The normalized spacial score (nSPS) is 36.7. The second-order valence-electron chi connectivity index (χ2n) is 21.6. The Balaban J connectivity index is 1.14. The summed E-state index contributed by atoms with van der Waals surface area (Å²) in [6.45, 7) is 20.4. The number of benzene rings is 1. The van der Waals surface area contributed by atoms with E-state index >= 15 is 0 Å². The van der Waals surface area contributed by atoms with Crippen LogP contribution in [0.4, 0.5) is 0 Å². The number of aliphatic hydroxyl groups excluding tert-OH is 1. The highest BCUT2D eigenvalue weighted by Gasteiger charge is 2.67. The Labute approximate surface area is 347 Å². The van der Waals surface area contributed by atoms with Gasteiger partial charge in [-0.3, -0.25) is 19.3 Å². The van der Waals surface area contributed by atoms with Crippen LogP contribution in [0.1, 0.15) is 138 Å². The SMILES string of the molecule is CC(C)C1=C2C3CCC4C(C)(CCC5C(C)(C)C(OC(=O)CC(C)(C)C(=O)O)CCC54C)C3CCC2(C(O)CN(Cc2ccc(Cl)cc2)CC2CCCN2)CC1=O. The van der Waals surface area contributed by atoms with Crippen LogP contribution in [0.25, 0.3) is 0 Å². The molecule has 5 aliphatic carbocycles. The van der Waals surface area contributed by atoms with Crippen molar-refractivity contribution in [3.63, 3.8) is 0 Å². The molecule has 7 rings (SSSR count). The van der Waals surface area contributed by atoms with E-state index in [4.69, 9.17) is 16.3 Å². The maximum atomic E-state index is 14.3. The lowest BCUT2D eigenvalue weighted by Crippen LogP contribution is -2.63. The Morgan fingerprint density at radius 2 is 1.67 bits per heavy atom. The Bertz CT molecular complexity index is 1730. The van der Waals surface area contributed by atoms with Crippen LogP contribution >= 0.6 is 11.6 Å². The second kappa shape index (κ2) is 15.6. The number of hydrogen-bond acceptors (Lipinski definition) is 7. The first-order chi connectivity index (χ1) is 26.7. The van der Waals surface area contributed by atoms with Crippen molar-refractivity contribution in [2.45, 2.75) is 157 Å². The summed E-state index contributed by atoms with van der Waals surface area (Å²) in [6, 6.07) is 8.47. The molecular weight excluding hydrogens is 736 g/mol. The number of Topliss-reactive ketones (excluding diaryl/α,β-unsaturated/α-hetero) is 1. The third-order valence-electron chi connectivity index (χ3n) is 17.1. The zero-order valence-corrected chi connectivity index (χ0v) is 36.9. The number of rotatable bonds is 12. The van der Waals surface area contributed by atoms with Crippen molar-refractivity contribution in [3.05, 3.63) is 46.0 Å². The molecule has 316 valence electrons. The van der Waals surface area contributed by atoms with E-state index < -0.39 is 28.9 Å². The minimum Gasteiger partial charge on any atom is -0.481 e. The smallest absolute Gasteiger partial charge is 0.309 e. The summed E-state index contributed by atoms with van der Waals surface area (Å²) >= 11 is 6.26. The maximum Gasteiger partial charge on any atom is 0.309 e. The molecule has 9 heteroatoms. The summed E-state index contributed by atoms with van der Waals surface area (Å²) in [5.74, 6) is 0.606. The number of hydrogen-bond donors (Lipinski definition) is 3. The molecule has 0 radical (unpaired) electrons. The first kappa shape index (κ1) is 42.8. The third-order valence-corrected chi connectivity index (χ3v) is 17.3. The topological polar surface area (TPSA) is 116 Å². The summed E-state index contributed by atoms with van der Waals surface area (Å²) < 4.78 is 6.18. The van der Waals surface area contributed by atoms with Gasteiger partial charge in [-0.05, 0) is 148 Å². The molecule has 10 atom stereocenters. The van der Waals surface area contributed by atoms with Crippen LogP contribution < -0.4 is 5.32 Å². The molecule has 1 aromatic rings. The Morgan fingerprint density at radius 1 is 0.965 bits per heavy atom. The van der Waals surface area contributed by atoms with E-state index in [1.807, 2.05) is 12.1 Å². The number of nitrogens with zero attached hydrogens (tertiary/aromatic N) is 1. The van der Waals surface area contributed by atoms with Gasteiger partial charge < -0.3 is 20.3 Å². The van der Waals surface area contributed by atoms with Crippen molar-refractivity contribution >= 4 is 29.3 Å². The van der Waals surface area contributed by atoms with Crippen LogP contribution in [0.15, 0.2) is 35.4 Å². The van der Waals surface area contributed by atoms with Crippen molar-refractivity contribution in [1.29, 1.82) is 0 Å². The molecule has 4 saturated carbocycles. The average Bonchev–Trinajstić information content (AvgIpc) is 3.75. The number of carboxylic acid groups (broad SMARTS) is 1. The second-order valence-corrected chi connectivity index (χ2v) is 22.0. The van der Waals surface area contributed by atoms with E-state index in [0.29, 0.717) is 42.7 Å². The molecule has 0 amide bonds. The molecule has 5 fully saturated rings. The fraction of sp³-hybridized carbons (Fsp3) is 0.771. The van der Waals surface area contributed by atoms with E-state index in [0.717, 1.165) is 88.0 Å². The highest BCUT2D eigenvalue weighted by Crippen LogP contribution is 2.73. The van der Waals surface area contributed by atoms with Crippen LogP contribution in [-0.2, 0) is 25.7 Å². The van der Waals surface area contributed by atoms with Gasteiger partial charge in [-0.2, -0.15) is 0 Å². The molecule has 1 aliphatic heterocycles. The van der Waals surface area contributed by atoms with Gasteiger partial charge in [0.05, 0.1) is 17.9 Å². The molecule has 0 aromatic heterocycles. The highest BCUT2D eigenvalue weighted by molar-refractivity contribution is 6.30. The predicted molar refractivity (Wildman–Crippen MR) is 224 cm³/mol. The number of esters is 1. The van der Waals surface area contributed by atoms with Gasteiger partial charge in [0.1, 0.15) is 6.10 Å².